The number of nitrogens with zero attached hydrogens (tertiary/aromatic N) is 2. The predicted octanol–water partition coefficient (Wildman–Crippen LogP) is 2.90. The third kappa shape index (κ3) is 4.58. The summed E-state index contributed by atoms with van der Waals surface area (Å²) in [6.45, 7) is 4.42. The number of anilines is 1. The minimum atomic E-state index is 0.721. The lowest BCUT2D eigenvalue weighted by atomic mass is 10.2. The Balaban J connectivity index is 1.48. The summed E-state index contributed by atoms with van der Waals surface area (Å²) >= 11 is 5.57. The van der Waals surface area contributed by atoms with E-state index >= 15 is 0 Å². The molecule has 1 heterocycles. The fraction of sp³-hybridized carbons (Fsp3) is 0.350. The van der Waals surface area contributed by atoms with Crippen LogP contribution in [0.4, 0.5) is 5.69 Å². The Morgan fingerprint density at radius 3 is 2.31 bits per heavy atom. The zero-order valence-corrected chi connectivity index (χ0v) is 16.1. The highest BCUT2D eigenvalue weighted by Gasteiger charge is 2.19. The maximum atomic E-state index is 5.57. The maximum Gasteiger partial charge on any atom is 0.169 e. The second-order valence-corrected chi connectivity index (χ2v) is 6.57. The third-order valence-corrected chi connectivity index (χ3v) is 4.99. The molecule has 0 aromatic heterocycles. The van der Waals surface area contributed by atoms with Crippen LogP contribution in [-0.4, -0.2) is 50.4 Å². The fourth-order valence-corrected chi connectivity index (χ4v) is 3.26. The van der Waals surface area contributed by atoms with Gasteiger partial charge in [0.15, 0.2) is 5.11 Å². The van der Waals surface area contributed by atoms with Crippen molar-refractivity contribution in [2.24, 2.45) is 0 Å². The Labute approximate surface area is 160 Å². The maximum absolute atomic E-state index is 5.57. The minimum absolute atomic E-state index is 0.721. The fourth-order valence-electron chi connectivity index (χ4n) is 3.01. The minimum Gasteiger partial charge on any atom is -0.497 e. The smallest absolute Gasteiger partial charge is 0.169 e. The van der Waals surface area contributed by atoms with Crippen LogP contribution < -0.4 is 19.7 Å². The Kier molecular flexibility index (Phi) is 6.17. The molecule has 5 nitrogen and oxygen atoms in total. The summed E-state index contributed by atoms with van der Waals surface area (Å²) in [5.41, 5.74) is 2.38. The number of hydrogen-bond acceptors (Lipinski definition) is 4. The number of methoxy groups -OCH3 is 2. The van der Waals surface area contributed by atoms with Crippen molar-refractivity contribution >= 4 is 23.0 Å². The van der Waals surface area contributed by atoms with Gasteiger partial charge in [0.25, 0.3) is 0 Å². The Morgan fingerprint density at radius 1 is 0.962 bits per heavy atom. The van der Waals surface area contributed by atoms with Crippen molar-refractivity contribution in [1.29, 1.82) is 0 Å². The van der Waals surface area contributed by atoms with Crippen LogP contribution in [0.25, 0.3) is 0 Å². The SMILES string of the molecule is COc1ccc(CNC(=S)N2CCN(c3cccc(OC)c3)CC2)cc1. The van der Waals surface area contributed by atoms with E-state index in [0.29, 0.717) is 0 Å². The predicted molar refractivity (Wildman–Crippen MR) is 109 cm³/mol. The standard InChI is InChI=1S/C20H25N3O2S/c1-24-18-8-6-16(7-9-18)15-21-20(26)23-12-10-22(11-13-23)17-4-3-5-19(14-17)25-2/h3-9,14H,10-13,15H2,1-2H3,(H,21,26). The molecule has 0 amide bonds. The first-order chi connectivity index (χ1) is 12.7. The summed E-state index contributed by atoms with van der Waals surface area (Å²) in [5, 5.41) is 4.17. The molecule has 0 unspecified atom stereocenters. The van der Waals surface area contributed by atoms with E-state index < -0.39 is 0 Å². The first-order valence-electron chi connectivity index (χ1n) is 8.74. The largest absolute Gasteiger partial charge is 0.497 e. The van der Waals surface area contributed by atoms with Crippen molar-refractivity contribution in [3.05, 3.63) is 54.1 Å². The highest BCUT2D eigenvalue weighted by atomic mass is 32.1. The lowest BCUT2D eigenvalue weighted by Crippen LogP contribution is -2.51. The molecule has 3 rings (SSSR count). The number of rotatable bonds is 5. The molecule has 0 radical (unpaired) electrons. The van der Waals surface area contributed by atoms with E-state index in [2.05, 4.69) is 39.4 Å². The van der Waals surface area contributed by atoms with Crippen LogP contribution in [-0.2, 0) is 6.54 Å². The number of ether oxygens (including phenoxy) is 2. The van der Waals surface area contributed by atoms with Crippen LogP contribution in [0, 0.1) is 0 Å². The van der Waals surface area contributed by atoms with E-state index in [1.54, 1.807) is 14.2 Å². The average Bonchev–Trinajstić information content (AvgIpc) is 2.72. The molecule has 0 spiro atoms. The second kappa shape index (κ2) is 8.76. The summed E-state index contributed by atoms with van der Waals surface area (Å²) in [6, 6.07) is 16.2. The van der Waals surface area contributed by atoms with Gasteiger partial charge < -0.3 is 24.6 Å². The van der Waals surface area contributed by atoms with Crippen LogP contribution in [0.15, 0.2) is 48.5 Å². The number of nitrogens with one attached hydrogen (secondary N) is 1. The van der Waals surface area contributed by atoms with Crippen LogP contribution in [0.2, 0.25) is 0 Å². The van der Waals surface area contributed by atoms with Crippen molar-refractivity contribution in [2.45, 2.75) is 6.54 Å². The zero-order chi connectivity index (χ0) is 18.4. The lowest BCUT2D eigenvalue weighted by molar-refractivity contribution is 0.379. The van der Waals surface area contributed by atoms with Gasteiger partial charge in [-0.2, -0.15) is 0 Å². The topological polar surface area (TPSA) is 37.0 Å². The summed E-state index contributed by atoms with van der Waals surface area (Å²) < 4.78 is 10.5. The van der Waals surface area contributed by atoms with Crippen molar-refractivity contribution in [3.8, 4) is 11.5 Å². The van der Waals surface area contributed by atoms with Gasteiger partial charge in [-0.3, -0.25) is 0 Å². The molecule has 26 heavy (non-hydrogen) atoms. The molecule has 0 bridgehead atoms. The normalized spacial score (nSPS) is 14.1. The highest BCUT2D eigenvalue weighted by Crippen LogP contribution is 2.22. The molecular formula is C20H25N3O2S. The highest BCUT2D eigenvalue weighted by molar-refractivity contribution is 7.80. The molecule has 138 valence electrons. The van der Waals surface area contributed by atoms with Crippen LogP contribution in [0.5, 0.6) is 11.5 Å². The number of piperazine rings is 1. The Morgan fingerprint density at radius 2 is 1.65 bits per heavy atom. The number of thiocarbonyl (C=S) groups is 1. The van der Waals surface area contributed by atoms with Crippen molar-refractivity contribution in [3.63, 3.8) is 0 Å². The molecule has 1 N–H and O–H groups in total. The van der Waals surface area contributed by atoms with Crippen LogP contribution in [0.1, 0.15) is 5.56 Å². The van der Waals surface area contributed by atoms with E-state index in [9.17, 15) is 0 Å². The second-order valence-electron chi connectivity index (χ2n) is 6.18. The van der Waals surface area contributed by atoms with E-state index in [1.807, 2.05) is 24.3 Å². The van der Waals surface area contributed by atoms with E-state index in [4.69, 9.17) is 21.7 Å². The zero-order valence-electron chi connectivity index (χ0n) is 15.3. The summed E-state index contributed by atoms with van der Waals surface area (Å²) in [5.74, 6) is 1.76. The average molecular weight is 372 g/mol. The third-order valence-electron chi connectivity index (χ3n) is 4.59. The van der Waals surface area contributed by atoms with Gasteiger partial charge in [-0.1, -0.05) is 18.2 Å². The van der Waals surface area contributed by atoms with E-state index in [0.717, 1.165) is 49.3 Å². The molecule has 1 saturated heterocycles. The molecule has 1 aliphatic rings. The molecule has 6 heteroatoms. The van der Waals surface area contributed by atoms with Gasteiger partial charge in [0.2, 0.25) is 0 Å². The molecular weight excluding hydrogens is 346 g/mol. The molecule has 1 fully saturated rings. The number of benzene rings is 2. The molecule has 2 aromatic rings. The van der Waals surface area contributed by atoms with Gasteiger partial charge in [0.05, 0.1) is 14.2 Å². The van der Waals surface area contributed by atoms with Crippen LogP contribution >= 0.6 is 12.2 Å². The summed E-state index contributed by atoms with van der Waals surface area (Å²) in [6.07, 6.45) is 0. The Bertz CT molecular complexity index is 728. The van der Waals surface area contributed by atoms with Gasteiger partial charge >= 0.3 is 0 Å². The van der Waals surface area contributed by atoms with E-state index in [1.165, 1.54) is 11.3 Å². The van der Waals surface area contributed by atoms with Gasteiger partial charge in [-0.25, -0.2) is 0 Å². The first kappa shape index (κ1) is 18.3. The van der Waals surface area contributed by atoms with Crippen molar-refractivity contribution in [2.75, 3.05) is 45.3 Å². The van der Waals surface area contributed by atoms with Gasteiger partial charge in [0, 0.05) is 44.5 Å². The number of hydrogen-bond donors (Lipinski definition) is 1. The molecule has 1 aliphatic heterocycles. The van der Waals surface area contributed by atoms with Gasteiger partial charge in [0.1, 0.15) is 11.5 Å². The van der Waals surface area contributed by atoms with Gasteiger partial charge in [-0.05, 0) is 42.0 Å². The Hall–Kier alpha value is -2.47. The van der Waals surface area contributed by atoms with Gasteiger partial charge in [-0.15, -0.1) is 0 Å². The van der Waals surface area contributed by atoms with Crippen molar-refractivity contribution in [1.82, 2.24) is 10.2 Å². The van der Waals surface area contributed by atoms with Crippen LogP contribution in [0.3, 0.4) is 0 Å². The van der Waals surface area contributed by atoms with E-state index in [-0.39, 0.29) is 0 Å². The monoisotopic (exact) mass is 371 g/mol. The summed E-state index contributed by atoms with van der Waals surface area (Å²) in [7, 11) is 3.37. The molecule has 0 saturated carbocycles. The quantitative estimate of drug-likeness (QED) is 0.815. The molecule has 2 aromatic carbocycles. The molecule has 0 aliphatic carbocycles. The summed E-state index contributed by atoms with van der Waals surface area (Å²) in [4.78, 5) is 4.60. The van der Waals surface area contributed by atoms with Crippen molar-refractivity contribution < 1.29 is 9.47 Å². The molecule has 0 atom stereocenters. The lowest BCUT2D eigenvalue weighted by Gasteiger charge is -2.37. The first-order valence-corrected chi connectivity index (χ1v) is 9.15.